The molecule has 0 N–H and O–H groups in total. The summed E-state index contributed by atoms with van der Waals surface area (Å²) in [6.07, 6.45) is 8.01. The summed E-state index contributed by atoms with van der Waals surface area (Å²) in [7, 11) is 0. The lowest BCUT2D eigenvalue weighted by molar-refractivity contribution is -0.0693. The third-order valence-corrected chi connectivity index (χ3v) is 3.81. The fourth-order valence-electron chi connectivity index (χ4n) is 2.23. The summed E-state index contributed by atoms with van der Waals surface area (Å²) in [5.41, 5.74) is -0.123. The molecule has 0 aliphatic heterocycles. The molecule has 1 aliphatic rings. The number of rotatable bonds is 2. The third-order valence-electron chi connectivity index (χ3n) is 2.94. The zero-order valence-electron chi connectivity index (χ0n) is 14.3. The Bertz CT molecular complexity index is 363. The Morgan fingerprint density at radius 3 is 2.33 bits per heavy atom. The lowest BCUT2D eigenvalue weighted by Crippen LogP contribution is -2.29. The average molecular weight is 314 g/mol. The number of ether oxygens (including phenoxy) is 2. The molecule has 0 radical (unpaired) electrons. The molecule has 0 fully saturated rings. The van der Waals surface area contributed by atoms with Gasteiger partial charge in [0.15, 0.2) is 0 Å². The van der Waals surface area contributed by atoms with E-state index in [4.69, 9.17) is 9.47 Å². The van der Waals surface area contributed by atoms with Gasteiger partial charge >= 0.3 is 5.30 Å². The minimum Gasteiger partial charge on any atom is -0.450 e. The molecule has 2 atom stereocenters. The quantitative estimate of drug-likeness (QED) is 0.509. The predicted octanol–water partition coefficient (Wildman–Crippen LogP) is 5.34. The highest BCUT2D eigenvalue weighted by atomic mass is 32.2. The van der Waals surface area contributed by atoms with Gasteiger partial charge in [0.1, 0.15) is 6.10 Å². The molecular formula is C17H30O3S. The zero-order chi connectivity index (χ0) is 16.1. The van der Waals surface area contributed by atoms with Crippen molar-refractivity contribution in [2.75, 3.05) is 0 Å². The van der Waals surface area contributed by atoms with E-state index in [1.165, 1.54) is 11.8 Å². The van der Waals surface area contributed by atoms with Crippen molar-refractivity contribution in [3.8, 4) is 0 Å². The fraction of sp³-hybridized carbons (Fsp3) is 0.824. The van der Waals surface area contributed by atoms with Gasteiger partial charge in [0.2, 0.25) is 0 Å². The van der Waals surface area contributed by atoms with Crippen molar-refractivity contribution < 1.29 is 14.3 Å². The van der Waals surface area contributed by atoms with Crippen molar-refractivity contribution in [1.29, 1.82) is 0 Å². The van der Waals surface area contributed by atoms with Crippen LogP contribution in [0.2, 0.25) is 0 Å². The van der Waals surface area contributed by atoms with Gasteiger partial charge < -0.3 is 9.47 Å². The third kappa shape index (κ3) is 9.20. The summed E-state index contributed by atoms with van der Waals surface area (Å²) in [6.45, 7) is 12.3. The molecule has 0 spiro atoms. The molecule has 1 rings (SSSR count). The molecule has 0 saturated carbocycles. The van der Waals surface area contributed by atoms with Crippen molar-refractivity contribution in [1.82, 2.24) is 0 Å². The summed E-state index contributed by atoms with van der Waals surface area (Å²) < 4.78 is 11.5. The molecule has 1 aliphatic carbocycles. The van der Waals surface area contributed by atoms with Gasteiger partial charge in [0, 0.05) is 4.75 Å². The first-order valence-corrected chi connectivity index (χ1v) is 8.61. The second kappa shape index (κ2) is 7.68. The van der Waals surface area contributed by atoms with Crippen LogP contribution in [0.1, 0.15) is 67.2 Å². The minimum atomic E-state index is -0.189. The van der Waals surface area contributed by atoms with Crippen LogP contribution in [-0.4, -0.2) is 27.9 Å². The highest BCUT2D eigenvalue weighted by Gasteiger charge is 2.24. The molecular weight excluding hydrogens is 284 g/mol. The van der Waals surface area contributed by atoms with Crippen molar-refractivity contribution in [2.45, 2.75) is 89.8 Å². The topological polar surface area (TPSA) is 35.5 Å². The first-order chi connectivity index (χ1) is 9.55. The molecule has 0 heterocycles. The standard InChI is InChI=1S/C17H30O3S/c1-16(2,3)20-14-10-8-7-9-13(11-12-14)19-15(18)21-17(4,5)6/h7,9,13-14H,8,10-12H2,1-6H3/b9-7+. The molecule has 3 nitrogen and oxygen atoms in total. The number of hydrogen-bond donors (Lipinski definition) is 0. The zero-order valence-corrected chi connectivity index (χ0v) is 15.1. The van der Waals surface area contributed by atoms with Crippen molar-refractivity contribution >= 4 is 17.1 Å². The highest BCUT2D eigenvalue weighted by Crippen LogP contribution is 2.27. The Labute approximate surface area is 133 Å². The molecule has 122 valence electrons. The summed E-state index contributed by atoms with van der Waals surface area (Å²) in [5, 5.41) is -0.189. The smallest absolute Gasteiger partial charge is 0.368 e. The minimum absolute atomic E-state index is 0.111. The van der Waals surface area contributed by atoms with Crippen molar-refractivity contribution in [3.63, 3.8) is 0 Å². The Morgan fingerprint density at radius 1 is 1.10 bits per heavy atom. The van der Waals surface area contributed by atoms with Gasteiger partial charge in [-0.25, -0.2) is 4.79 Å². The maximum Gasteiger partial charge on any atom is 0.368 e. The van der Waals surface area contributed by atoms with Crippen molar-refractivity contribution in [3.05, 3.63) is 12.2 Å². The second-order valence-corrected chi connectivity index (χ2v) is 9.32. The number of hydrogen-bond acceptors (Lipinski definition) is 4. The van der Waals surface area contributed by atoms with Gasteiger partial charge in [-0.2, -0.15) is 0 Å². The molecule has 0 aromatic carbocycles. The summed E-state index contributed by atoms with van der Waals surface area (Å²) >= 11 is 1.25. The van der Waals surface area contributed by atoms with Gasteiger partial charge in [-0.15, -0.1) is 0 Å². The van der Waals surface area contributed by atoms with Crippen LogP contribution in [0.3, 0.4) is 0 Å². The number of carbonyl (C=O) groups is 1. The van der Waals surface area contributed by atoms with Crippen LogP contribution in [0.4, 0.5) is 4.79 Å². The van der Waals surface area contributed by atoms with Gasteiger partial charge in [0.05, 0.1) is 11.7 Å². The van der Waals surface area contributed by atoms with Crippen LogP contribution < -0.4 is 0 Å². The Hall–Kier alpha value is -0.480. The maximum atomic E-state index is 11.9. The van der Waals surface area contributed by atoms with Crippen LogP contribution in [0.25, 0.3) is 0 Å². The van der Waals surface area contributed by atoms with Gasteiger partial charge in [-0.1, -0.05) is 26.8 Å². The molecule has 0 aromatic rings. The normalized spacial score (nSPS) is 25.8. The second-order valence-electron chi connectivity index (χ2n) is 7.56. The van der Waals surface area contributed by atoms with Gasteiger partial charge in [-0.05, 0) is 64.3 Å². The largest absolute Gasteiger partial charge is 0.450 e. The van der Waals surface area contributed by atoms with E-state index in [2.05, 4.69) is 26.8 Å². The Morgan fingerprint density at radius 2 is 1.76 bits per heavy atom. The first kappa shape index (κ1) is 18.6. The monoisotopic (exact) mass is 314 g/mol. The number of thioether (sulfide) groups is 1. The summed E-state index contributed by atoms with van der Waals surface area (Å²) in [5.74, 6) is 0. The van der Waals surface area contributed by atoms with Crippen molar-refractivity contribution in [2.24, 2.45) is 0 Å². The van der Waals surface area contributed by atoms with E-state index in [0.717, 1.165) is 25.7 Å². The van der Waals surface area contributed by atoms with Gasteiger partial charge in [0.25, 0.3) is 0 Å². The lowest BCUT2D eigenvalue weighted by atomic mass is 10.0. The van der Waals surface area contributed by atoms with Crippen LogP contribution >= 0.6 is 11.8 Å². The van der Waals surface area contributed by atoms with Crippen LogP contribution in [0.15, 0.2) is 12.2 Å². The van der Waals surface area contributed by atoms with Crippen LogP contribution in [0, 0.1) is 0 Å². The predicted molar refractivity (Wildman–Crippen MR) is 89.8 cm³/mol. The molecule has 4 heteroatoms. The summed E-state index contributed by atoms with van der Waals surface area (Å²) in [6, 6.07) is 0. The van der Waals surface area contributed by atoms with E-state index >= 15 is 0 Å². The average Bonchev–Trinajstić information content (AvgIpc) is 2.22. The fourth-order valence-corrected chi connectivity index (χ4v) is 2.91. The lowest BCUT2D eigenvalue weighted by Gasteiger charge is -2.29. The molecule has 0 aromatic heterocycles. The molecule has 2 unspecified atom stereocenters. The number of carbonyl (C=O) groups excluding carboxylic acids is 1. The van der Waals surface area contributed by atoms with E-state index in [1.807, 2.05) is 26.8 Å². The molecule has 0 amide bonds. The Balaban J connectivity index is 2.50. The molecule has 0 saturated heterocycles. The first-order valence-electron chi connectivity index (χ1n) is 7.79. The Kier molecular flexibility index (Phi) is 6.79. The van der Waals surface area contributed by atoms with E-state index in [0.29, 0.717) is 0 Å². The van der Waals surface area contributed by atoms with Crippen LogP contribution in [-0.2, 0) is 9.47 Å². The maximum absolute atomic E-state index is 11.9. The molecule has 0 bridgehead atoms. The van der Waals surface area contributed by atoms with E-state index in [1.54, 1.807) is 0 Å². The molecule has 21 heavy (non-hydrogen) atoms. The van der Waals surface area contributed by atoms with E-state index in [-0.39, 0.29) is 27.9 Å². The summed E-state index contributed by atoms with van der Waals surface area (Å²) in [4.78, 5) is 11.9. The SMILES string of the molecule is CC(C)(C)OC1CC/C=C/C(OC(=O)SC(C)(C)C)CC1. The van der Waals surface area contributed by atoms with E-state index in [9.17, 15) is 4.79 Å². The highest BCUT2D eigenvalue weighted by molar-refractivity contribution is 8.14. The van der Waals surface area contributed by atoms with Crippen LogP contribution in [0.5, 0.6) is 0 Å². The number of allylic oxidation sites excluding steroid dienone is 1. The van der Waals surface area contributed by atoms with E-state index < -0.39 is 0 Å². The van der Waals surface area contributed by atoms with Gasteiger partial charge in [-0.3, -0.25) is 0 Å².